The number of hydrogen-bond donors (Lipinski definition) is 0. The van der Waals surface area contributed by atoms with E-state index in [4.69, 9.17) is 19.4 Å². The van der Waals surface area contributed by atoms with E-state index in [1.54, 1.807) is 0 Å². The Kier molecular flexibility index (Phi) is 15.3. The Hall–Kier alpha value is -3.68. The number of ketones is 4. The molecule has 4 aliphatic heterocycles. The fraction of sp³-hybridized carbons (Fsp3) is 0.826. The summed E-state index contributed by atoms with van der Waals surface area (Å²) in [6.07, 6.45) is 1.29. The Morgan fingerprint density at radius 1 is 0.344 bits per heavy atom. The molecule has 18 nitrogen and oxygen atoms in total. The quantitative estimate of drug-likeness (QED) is 0.226. The molecule has 4 heterocycles. The maximum Gasteiger partial charge on any atom is 0.339 e. The summed E-state index contributed by atoms with van der Waals surface area (Å²) < 4.78 is 0. The summed E-state index contributed by atoms with van der Waals surface area (Å²) in [5.74, 6) is -2.71. The average molecular weight is 905 g/mol. The maximum atomic E-state index is 13.9. The minimum absolute atomic E-state index is 0.0379. The van der Waals surface area contributed by atoms with Gasteiger partial charge in [-0.15, -0.1) is 20.3 Å². The molecule has 0 aromatic heterocycles. The summed E-state index contributed by atoms with van der Waals surface area (Å²) in [6, 6.07) is 0. The van der Waals surface area contributed by atoms with Crippen LogP contribution in [-0.4, -0.2) is 161 Å². The average Bonchev–Trinajstić information content (AvgIpc) is 3.04. The van der Waals surface area contributed by atoms with E-state index in [0.717, 1.165) is 0 Å². The molecule has 0 aromatic rings. The van der Waals surface area contributed by atoms with Crippen LogP contribution in [-0.2, 0) is 57.7 Å². The van der Waals surface area contributed by atoms with E-state index in [1.807, 2.05) is 111 Å². The van der Waals surface area contributed by atoms with Gasteiger partial charge in [0, 0.05) is 64.5 Å². The van der Waals surface area contributed by atoms with Crippen LogP contribution >= 0.6 is 0 Å². The van der Waals surface area contributed by atoms with Crippen LogP contribution in [0.4, 0.5) is 0 Å². The molecular weight excluding hydrogens is 829 g/mol. The minimum atomic E-state index is -0.825. The molecule has 4 saturated heterocycles. The van der Waals surface area contributed by atoms with Crippen molar-refractivity contribution in [1.82, 2.24) is 30.1 Å². The lowest BCUT2D eigenvalue weighted by Gasteiger charge is -2.50. The third kappa shape index (κ3) is 13.0. The lowest BCUT2D eigenvalue weighted by molar-refractivity contribution is -0.265. The van der Waals surface area contributed by atoms with Crippen molar-refractivity contribution in [3.63, 3.8) is 0 Å². The molecule has 0 saturated carbocycles. The minimum Gasteiger partial charge on any atom is -0.365 e. The molecule has 0 N–H and O–H groups in total. The summed E-state index contributed by atoms with van der Waals surface area (Å²) >= 11 is 0. The zero-order valence-corrected chi connectivity index (χ0v) is 41.5. The largest absolute Gasteiger partial charge is 0.365 e. The van der Waals surface area contributed by atoms with Gasteiger partial charge in [0.05, 0.1) is 70.5 Å². The fourth-order valence-corrected chi connectivity index (χ4v) is 10.9. The molecule has 0 aliphatic carbocycles. The number of rotatable bonds is 15. The molecule has 0 bridgehead atoms. The predicted octanol–water partition coefficient (Wildman–Crippen LogP) is 4.31. The van der Waals surface area contributed by atoms with Crippen molar-refractivity contribution < 1.29 is 57.7 Å². The molecule has 0 atom stereocenters. The number of Topliss-reactive ketones (excluding diaryl/α,β-unsaturated/α-hetero) is 4. The second kappa shape index (κ2) is 18.5. The van der Waals surface area contributed by atoms with E-state index in [-0.39, 0.29) is 87.6 Å². The summed E-state index contributed by atoms with van der Waals surface area (Å²) in [7, 11) is 0. The molecule has 0 aromatic carbocycles. The van der Waals surface area contributed by atoms with Gasteiger partial charge in [-0.1, -0.05) is 0 Å². The lowest BCUT2D eigenvalue weighted by atomic mass is 9.81. The first-order valence-corrected chi connectivity index (χ1v) is 22.4. The molecule has 18 heteroatoms. The number of hydroxylamine groups is 8. The molecule has 362 valence electrons. The molecular formula is C46H76N6O12. The van der Waals surface area contributed by atoms with Gasteiger partial charge < -0.3 is 19.4 Å². The zero-order valence-electron chi connectivity index (χ0n) is 41.5. The highest BCUT2D eigenvalue weighted by atomic mass is 16.7. The monoisotopic (exact) mass is 905 g/mol. The maximum absolute atomic E-state index is 13.9. The van der Waals surface area contributed by atoms with E-state index in [1.165, 1.54) is 30.1 Å². The summed E-state index contributed by atoms with van der Waals surface area (Å²) in [6.45, 7) is 27.2. The van der Waals surface area contributed by atoms with Crippen molar-refractivity contribution in [1.29, 1.82) is 0 Å². The normalized spacial score (nSPS) is 25.2. The second-order valence-corrected chi connectivity index (χ2v) is 23.5. The number of nitrogens with zero attached hydrogens (tertiary/aromatic N) is 6. The number of piperidine rings is 4. The number of hydrogen-bond acceptors (Lipinski definition) is 18. The first-order chi connectivity index (χ1) is 28.9. The summed E-state index contributed by atoms with van der Waals surface area (Å²) in [5.41, 5.74) is -6.60. The van der Waals surface area contributed by atoms with Gasteiger partial charge in [0.25, 0.3) is 0 Å². The molecule has 0 radical (unpaired) electrons. The first-order valence-electron chi connectivity index (χ1n) is 22.4. The van der Waals surface area contributed by atoms with Crippen molar-refractivity contribution in [3.05, 3.63) is 0 Å². The van der Waals surface area contributed by atoms with Crippen molar-refractivity contribution in [2.75, 3.05) is 39.3 Å². The van der Waals surface area contributed by atoms with Crippen LogP contribution in [0, 0.1) is 0 Å². The first kappa shape index (κ1) is 52.9. The van der Waals surface area contributed by atoms with Gasteiger partial charge in [-0.2, -0.15) is 0 Å². The predicted molar refractivity (Wildman–Crippen MR) is 234 cm³/mol. The van der Waals surface area contributed by atoms with E-state index in [0.29, 0.717) is 0 Å². The van der Waals surface area contributed by atoms with Crippen LogP contribution in [0.5, 0.6) is 0 Å². The Morgan fingerprint density at radius 2 is 0.484 bits per heavy atom. The fourth-order valence-electron chi connectivity index (χ4n) is 10.9. The van der Waals surface area contributed by atoms with Crippen molar-refractivity contribution >= 4 is 47.0 Å². The number of carbonyl (C=O) groups is 8. The lowest BCUT2D eigenvalue weighted by Crippen LogP contribution is -2.62. The smallest absolute Gasteiger partial charge is 0.339 e. The van der Waals surface area contributed by atoms with Crippen molar-refractivity contribution in [2.45, 2.75) is 206 Å². The summed E-state index contributed by atoms with van der Waals surface area (Å²) in [4.78, 5) is 133. The molecule has 0 amide bonds. The van der Waals surface area contributed by atoms with E-state index < -0.39 is 94.4 Å². The highest BCUT2D eigenvalue weighted by Crippen LogP contribution is 2.40. The third-order valence-electron chi connectivity index (χ3n) is 12.4. The second-order valence-electron chi connectivity index (χ2n) is 23.5. The van der Waals surface area contributed by atoms with Gasteiger partial charge in [0.2, 0.25) is 0 Å². The van der Waals surface area contributed by atoms with Gasteiger partial charge in [-0.3, -0.25) is 29.0 Å². The van der Waals surface area contributed by atoms with Gasteiger partial charge in [-0.25, -0.2) is 19.2 Å². The molecule has 64 heavy (non-hydrogen) atoms. The van der Waals surface area contributed by atoms with Crippen molar-refractivity contribution in [3.8, 4) is 0 Å². The number of carbonyl (C=O) groups excluding carboxylic acids is 8. The Bertz CT molecular complexity index is 1530. The van der Waals surface area contributed by atoms with E-state index >= 15 is 0 Å². The highest BCUT2D eigenvalue weighted by Gasteiger charge is 2.51. The van der Waals surface area contributed by atoms with Crippen LogP contribution in [0.25, 0.3) is 0 Å². The Morgan fingerprint density at radius 3 is 0.625 bits per heavy atom. The van der Waals surface area contributed by atoms with Gasteiger partial charge >= 0.3 is 23.9 Å². The van der Waals surface area contributed by atoms with Crippen LogP contribution < -0.4 is 0 Å². The SMILES string of the molecule is CC1(C)CC(=O)CC(C)(C)N1OC(=O)CN(CCN(CC(=O)ON1C(C)(C)CC(=O)CC1(C)C)CC(=O)ON1C(C)(C)CC(=O)CC1(C)C)CC(=O)ON1C(C)(C)CC(=O)CC1(C)C. The van der Waals surface area contributed by atoms with Crippen LogP contribution in [0.1, 0.15) is 162 Å². The third-order valence-corrected chi connectivity index (χ3v) is 12.4. The van der Waals surface area contributed by atoms with Crippen LogP contribution in [0.2, 0.25) is 0 Å². The highest BCUT2D eigenvalue weighted by molar-refractivity contribution is 5.84. The van der Waals surface area contributed by atoms with E-state index in [9.17, 15) is 38.4 Å². The Balaban J connectivity index is 1.63. The molecule has 0 unspecified atom stereocenters. The summed E-state index contributed by atoms with van der Waals surface area (Å²) in [5, 5.41) is 6.12. The van der Waals surface area contributed by atoms with Crippen LogP contribution in [0.15, 0.2) is 0 Å². The van der Waals surface area contributed by atoms with Gasteiger partial charge in [0.15, 0.2) is 0 Å². The molecule has 4 fully saturated rings. The Labute approximate surface area is 379 Å². The standard InChI is InChI=1S/C46H76N6O12/c1-39(2)19-31(53)20-40(3,4)49(39)61-35(57)27-47(28-36(58)62-50-41(5,6)21-32(54)22-42(50,7)8)17-18-48(29-37(59)63-51-43(9,10)23-33(55)24-44(51,11)12)30-38(60)64-52-45(13,14)25-34(56)26-46(52,15)16/h17-30H2,1-16H3. The van der Waals surface area contributed by atoms with E-state index in [2.05, 4.69) is 0 Å². The topological polar surface area (TPSA) is 193 Å². The molecule has 4 aliphatic rings. The molecule has 4 rings (SSSR count). The van der Waals surface area contributed by atoms with Gasteiger partial charge in [-0.05, 0) is 111 Å². The zero-order chi connectivity index (χ0) is 48.8. The van der Waals surface area contributed by atoms with Gasteiger partial charge in [0.1, 0.15) is 23.1 Å². The molecule has 0 spiro atoms. The van der Waals surface area contributed by atoms with Crippen LogP contribution in [0.3, 0.4) is 0 Å². The van der Waals surface area contributed by atoms with Crippen molar-refractivity contribution in [2.24, 2.45) is 0 Å².